The highest BCUT2D eigenvalue weighted by atomic mass is 32.1. The van der Waals surface area contributed by atoms with Crippen molar-refractivity contribution in [3.8, 4) is 0 Å². The first kappa shape index (κ1) is 15.8. The molecule has 0 aromatic carbocycles. The second kappa shape index (κ2) is 6.77. The molecule has 0 fully saturated rings. The number of nitrogens with two attached hydrogens (primary N) is 1. The average Bonchev–Trinajstić information content (AvgIpc) is 2.33. The van der Waals surface area contributed by atoms with E-state index in [9.17, 15) is 0 Å². The maximum absolute atomic E-state index is 9.01. The molecule has 0 aliphatic carbocycles. The Labute approximate surface area is 119 Å². The largest absolute Gasteiger partial charge is 0.396 e. The van der Waals surface area contributed by atoms with E-state index in [0.717, 1.165) is 16.8 Å². The van der Waals surface area contributed by atoms with Gasteiger partial charge in [-0.15, -0.1) is 5.10 Å². The van der Waals surface area contributed by atoms with Gasteiger partial charge in [0.2, 0.25) is 0 Å². The summed E-state index contributed by atoms with van der Waals surface area (Å²) in [5.74, 6) is 0.707. The highest BCUT2D eigenvalue weighted by Gasteiger charge is 2.20. The van der Waals surface area contributed by atoms with Crippen molar-refractivity contribution >= 4 is 23.0 Å². The van der Waals surface area contributed by atoms with Gasteiger partial charge in [-0.1, -0.05) is 12.2 Å². The Kier molecular flexibility index (Phi) is 5.62. The Morgan fingerprint density at radius 2 is 2.00 bits per heavy atom. The van der Waals surface area contributed by atoms with Gasteiger partial charge in [0, 0.05) is 19.2 Å². The minimum atomic E-state index is 0.143. The summed E-state index contributed by atoms with van der Waals surface area (Å²) in [7, 11) is 0. The van der Waals surface area contributed by atoms with Crippen molar-refractivity contribution < 1.29 is 5.11 Å². The average molecular weight is 282 g/mol. The van der Waals surface area contributed by atoms with Crippen molar-refractivity contribution in [1.82, 2.24) is 10.2 Å². The molecule has 1 heterocycles. The van der Waals surface area contributed by atoms with Crippen LogP contribution in [0, 0.1) is 13.8 Å². The SMILES string of the molecule is Cc1nnc(N(CCCO)C(C)C)c(C(N)=S)c1C. The van der Waals surface area contributed by atoms with Crippen LogP contribution in [0.3, 0.4) is 0 Å². The molecule has 1 aromatic heterocycles. The second-order valence-electron chi connectivity index (χ2n) is 4.84. The number of anilines is 1. The van der Waals surface area contributed by atoms with E-state index >= 15 is 0 Å². The van der Waals surface area contributed by atoms with Gasteiger partial charge in [0.05, 0.1) is 11.3 Å². The summed E-state index contributed by atoms with van der Waals surface area (Å²) in [4.78, 5) is 2.41. The predicted molar refractivity (Wildman–Crippen MR) is 81.6 cm³/mol. The third-order valence-corrected chi connectivity index (χ3v) is 3.34. The van der Waals surface area contributed by atoms with Gasteiger partial charge in [-0.25, -0.2) is 0 Å². The Morgan fingerprint density at radius 1 is 1.37 bits per heavy atom. The summed E-state index contributed by atoms with van der Waals surface area (Å²) in [6, 6.07) is 0.232. The molecule has 1 aromatic rings. The van der Waals surface area contributed by atoms with Crippen molar-refractivity contribution in [3.63, 3.8) is 0 Å². The van der Waals surface area contributed by atoms with E-state index in [4.69, 9.17) is 23.1 Å². The van der Waals surface area contributed by atoms with Crippen molar-refractivity contribution in [1.29, 1.82) is 0 Å². The molecule has 3 N–H and O–H groups in total. The molecule has 0 unspecified atom stereocenters. The number of nitrogens with zero attached hydrogens (tertiary/aromatic N) is 3. The zero-order valence-electron chi connectivity index (χ0n) is 12.0. The van der Waals surface area contributed by atoms with Gasteiger partial charge in [0.15, 0.2) is 5.82 Å². The Balaban J connectivity index is 3.30. The fourth-order valence-corrected chi connectivity index (χ4v) is 2.19. The van der Waals surface area contributed by atoms with Crippen molar-refractivity contribution in [2.45, 2.75) is 40.2 Å². The number of aliphatic hydroxyl groups is 1. The molecule has 5 nitrogen and oxygen atoms in total. The number of aliphatic hydroxyl groups excluding tert-OH is 1. The molecule has 6 heteroatoms. The fraction of sp³-hybridized carbons (Fsp3) is 0.615. The van der Waals surface area contributed by atoms with Crippen LogP contribution in [0.25, 0.3) is 0 Å². The molecule has 0 atom stereocenters. The van der Waals surface area contributed by atoms with Gasteiger partial charge in [-0.05, 0) is 39.7 Å². The van der Waals surface area contributed by atoms with Crippen LogP contribution in [0.2, 0.25) is 0 Å². The van der Waals surface area contributed by atoms with Gasteiger partial charge in [0.25, 0.3) is 0 Å². The lowest BCUT2D eigenvalue weighted by Crippen LogP contribution is -2.35. The van der Waals surface area contributed by atoms with E-state index in [1.807, 2.05) is 13.8 Å². The van der Waals surface area contributed by atoms with Gasteiger partial charge in [0.1, 0.15) is 4.99 Å². The zero-order valence-corrected chi connectivity index (χ0v) is 12.8. The Bertz CT molecular complexity index is 462. The second-order valence-corrected chi connectivity index (χ2v) is 5.28. The monoisotopic (exact) mass is 282 g/mol. The number of aryl methyl sites for hydroxylation is 1. The van der Waals surface area contributed by atoms with E-state index in [1.165, 1.54) is 0 Å². The summed E-state index contributed by atoms with van der Waals surface area (Å²) in [5, 5.41) is 17.4. The highest BCUT2D eigenvalue weighted by Crippen LogP contribution is 2.24. The van der Waals surface area contributed by atoms with Crippen LogP contribution < -0.4 is 10.6 Å². The minimum absolute atomic E-state index is 0.143. The molecule has 0 aliphatic heterocycles. The van der Waals surface area contributed by atoms with Crippen molar-refractivity contribution in [2.24, 2.45) is 5.73 Å². The quantitative estimate of drug-likeness (QED) is 0.767. The molecule has 0 radical (unpaired) electrons. The Morgan fingerprint density at radius 3 is 2.47 bits per heavy atom. The summed E-state index contributed by atoms with van der Waals surface area (Å²) in [6.45, 7) is 8.81. The van der Waals surface area contributed by atoms with Crippen molar-refractivity contribution in [2.75, 3.05) is 18.1 Å². The van der Waals surface area contributed by atoms with Crippen LogP contribution >= 0.6 is 12.2 Å². The van der Waals surface area contributed by atoms with Gasteiger partial charge in [-0.3, -0.25) is 0 Å². The molecule has 19 heavy (non-hydrogen) atoms. The number of rotatable bonds is 6. The summed E-state index contributed by atoms with van der Waals surface area (Å²) in [5.41, 5.74) is 8.42. The third-order valence-electron chi connectivity index (χ3n) is 3.13. The minimum Gasteiger partial charge on any atom is -0.396 e. The van der Waals surface area contributed by atoms with Gasteiger partial charge >= 0.3 is 0 Å². The number of thiocarbonyl (C=S) groups is 1. The first-order valence-corrected chi connectivity index (χ1v) is 6.82. The molecule has 0 amide bonds. The first-order valence-electron chi connectivity index (χ1n) is 6.41. The molecule has 0 bridgehead atoms. The molecular weight excluding hydrogens is 260 g/mol. The summed E-state index contributed by atoms with van der Waals surface area (Å²) >= 11 is 5.15. The maximum Gasteiger partial charge on any atom is 0.162 e. The molecule has 0 saturated carbocycles. The lowest BCUT2D eigenvalue weighted by molar-refractivity contribution is 0.288. The Hall–Kier alpha value is -1.27. The normalized spacial score (nSPS) is 10.8. The lowest BCUT2D eigenvalue weighted by atomic mass is 10.1. The molecular formula is C13H22N4OS. The van der Waals surface area contributed by atoms with Crippen LogP contribution in [-0.4, -0.2) is 39.5 Å². The zero-order chi connectivity index (χ0) is 14.6. The third kappa shape index (κ3) is 3.61. The smallest absolute Gasteiger partial charge is 0.162 e. The van der Waals surface area contributed by atoms with Crippen molar-refractivity contribution in [3.05, 3.63) is 16.8 Å². The first-order chi connectivity index (χ1) is 8.90. The predicted octanol–water partition coefficient (Wildman–Crippen LogP) is 1.32. The topological polar surface area (TPSA) is 75.3 Å². The summed E-state index contributed by atoms with van der Waals surface area (Å²) < 4.78 is 0. The van der Waals surface area contributed by atoms with Gasteiger partial charge < -0.3 is 15.7 Å². The van der Waals surface area contributed by atoms with Crippen LogP contribution in [0.5, 0.6) is 0 Å². The molecule has 106 valence electrons. The van der Waals surface area contributed by atoms with E-state index < -0.39 is 0 Å². The lowest BCUT2D eigenvalue weighted by Gasteiger charge is -2.29. The molecule has 0 spiro atoms. The van der Waals surface area contributed by atoms with E-state index in [2.05, 4.69) is 28.9 Å². The van der Waals surface area contributed by atoms with E-state index in [1.54, 1.807) is 0 Å². The van der Waals surface area contributed by atoms with Crippen LogP contribution in [0.1, 0.15) is 37.1 Å². The van der Waals surface area contributed by atoms with E-state index in [-0.39, 0.29) is 12.6 Å². The number of aromatic nitrogens is 2. The highest BCUT2D eigenvalue weighted by molar-refractivity contribution is 7.80. The van der Waals surface area contributed by atoms with Crippen LogP contribution in [0.15, 0.2) is 0 Å². The molecule has 1 rings (SSSR count). The molecule has 0 aliphatic rings. The molecule has 0 saturated heterocycles. The standard InChI is InChI=1S/C13H22N4OS/c1-8(2)17(6-5-7-18)13-11(12(14)19)9(3)10(4)15-16-13/h8,18H,5-7H2,1-4H3,(H2,14,19). The summed E-state index contributed by atoms with van der Waals surface area (Å²) in [6.07, 6.45) is 0.670. The maximum atomic E-state index is 9.01. The van der Waals surface area contributed by atoms with Crippen LogP contribution in [-0.2, 0) is 0 Å². The van der Waals surface area contributed by atoms with Gasteiger partial charge in [-0.2, -0.15) is 5.10 Å². The number of hydrogen-bond acceptors (Lipinski definition) is 5. The fourth-order valence-electron chi connectivity index (χ4n) is 1.94. The van der Waals surface area contributed by atoms with E-state index in [0.29, 0.717) is 23.8 Å². The number of hydrogen-bond donors (Lipinski definition) is 2. The van der Waals surface area contributed by atoms with Crippen LogP contribution in [0.4, 0.5) is 5.82 Å².